The molecule has 0 spiro atoms. The number of hydrogen-bond donors (Lipinski definition) is 0. The summed E-state index contributed by atoms with van der Waals surface area (Å²) in [6.07, 6.45) is 3.33. The highest BCUT2D eigenvalue weighted by molar-refractivity contribution is 5.76. The number of fused-ring (bicyclic) bond motifs is 1. The Morgan fingerprint density at radius 3 is 3.30 bits per heavy atom. The minimum atomic E-state index is 0.942. The molecule has 0 fully saturated rings. The normalized spacial score (nSPS) is 10.0. The van der Waals surface area contributed by atoms with Crippen LogP contribution in [-0.2, 0) is 0 Å². The molecule has 0 amide bonds. The summed E-state index contributed by atoms with van der Waals surface area (Å²) in [6, 6.07) is 8.58. The average Bonchev–Trinajstić information content (AvgIpc) is 2.05. The molecule has 1 aromatic heterocycles. The van der Waals surface area contributed by atoms with Crippen molar-refractivity contribution in [3.8, 4) is 0 Å². The van der Waals surface area contributed by atoms with E-state index in [0.29, 0.717) is 0 Å². The Morgan fingerprint density at radius 2 is 2.40 bits per heavy atom. The van der Waals surface area contributed by atoms with Crippen LogP contribution in [0.15, 0.2) is 30.7 Å². The zero-order valence-corrected chi connectivity index (χ0v) is 5.28. The van der Waals surface area contributed by atoms with Crippen molar-refractivity contribution in [2.45, 2.75) is 0 Å². The van der Waals surface area contributed by atoms with Crippen LogP contribution in [0.1, 0.15) is 0 Å². The molecule has 2 heteroatoms. The number of rotatable bonds is 0. The second-order valence-corrected chi connectivity index (χ2v) is 2.01. The summed E-state index contributed by atoms with van der Waals surface area (Å²) in [5.74, 6) is 0. The van der Waals surface area contributed by atoms with Crippen molar-refractivity contribution in [3.63, 3.8) is 0 Å². The molecule has 0 aliphatic heterocycles. The van der Waals surface area contributed by atoms with E-state index in [-0.39, 0.29) is 0 Å². The number of benzene rings is 1. The fraction of sp³-hybridized carbons (Fsp3) is 0. The van der Waals surface area contributed by atoms with Gasteiger partial charge in [-0.2, -0.15) is 0 Å². The molecular formula is C8H5N2. The van der Waals surface area contributed by atoms with E-state index in [1.807, 2.05) is 18.2 Å². The fourth-order valence-corrected chi connectivity index (χ4v) is 0.864. The van der Waals surface area contributed by atoms with Gasteiger partial charge >= 0.3 is 0 Å². The topological polar surface area (TPSA) is 25.8 Å². The Balaban J connectivity index is 2.89. The maximum Gasteiger partial charge on any atom is 0.116 e. The summed E-state index contributed by atoms with van der Waals surface area (Å²) >= 11 is 0. The van der Waals surface area contributed by atoms with E-state index in [2.05, 4.69) is 16.0 Å². The van der Waals surface area contributed by atoms with E-state index >= 15 is 0 Å². The van der Waals surface area contributed by atoms with Gasteiger partial charge in [0.25, 0.3) is 0 Å². The van der Waals surface area contributed by atoms with Gasteiger partial charge in [-0.3, -0.25) is 0 Å². The van der Waals surface area contributed by atoms with Crippen LogP contribution in [0, 0.1) is 6.07 Å². The lowest BCUT2D eigenvalue weighted by Gasteiger charge is -1.90. The van der Waals surface area contributed by atoms with Gasteiger partial charge in [0.2, 0.25) is 0 Å². The highest BCUT2D eigenvalue weighted by Crippen LogP contribution is 2.05. The number of hydrogen-bond acceptors (Lipinski definition) is 2. The molecule has 1 radical (unpaired) electrons. The van der Waals surface area contributed by atoms with Gasteiger partial charge < -0.3 is 0 Å². The van der Waals surface area contributed by atoms with Crippen LogP contribution < -0.4 is 0 Å². The zero-order valence-electron chi connectivity index (χ0n) is 5.28. The van der Waals surface area contributed by atoms with Crippen LogP contribution in [-0.4, -0.2) is 9.97 Å². The quantitative estimate of drug-likeness (QED) is 0.537. The Hall–Kier alpha value is -1.44. The predicted molar refractivity (Wildman–Crippen MR) is 38.4 cm³/mol. The first-order valence-electron chi connectivity index (χ1n) is 3.02. The average molecular weight is 129 g/mol. The van der Waals surface area contributed by atoms with Gasteiger partial charge in [-0.25, -0.2) is 9.97 Å². The summed E-state index contributed by atoms with van der Waals surface area (Å²) in [4.78, 5) is 7.93. The van der Waals surface area contributed by atoms with Gasteiger partial charge in [0, 0.05) is 11.6 Å². The smallest absolute Gasteiger partial charge is 0.116 e. The van der Waals surface area contributed by atoms with Crippen LogP contribution in [0.4, 0.5) is 0 Å². The van der Waals surface area contributed by atoms with Gasteiger partial charge in [0.1, 0.15) is 6.33 Å². The summed E-state index contributed by atoms with van der Waals surface area (Å²) in [6.45, 7) is 0. The molecule has 0 saturated heterocycles. The third kappa shape index (κ3) is 0.739. The van der Waals surface area contributed by atoms with Crippen LogP contribution in [0.5, 0.6) is 0 Å². The summed E-state index contributed by atoms with van der Waals surface area (Å²) < 4.78 is 0. The van der Waals surface area contributed by atoms with Gasteiger partial charge in [0.15, 0.2) is 0 Å². The first-order valence-corrected chi connectivity index (χ1v) is 3.02. The minimum Gasteiger partial charge on any atom is -0.244 e. The Kier molecular flexibility index (Phi) is 1.10. The molecule has 0 atom stereocenters. The van der Waals surface area contributed by atoms with Gasteiger partial charge in [-0.1, -0.05) is 12.1 Å². The predicted octanol–water partition coefficient (Wildman–Crippen LogP) is 1.43. The van der Waals surface area contributed by atoms with Crippen molar-refractivity contribution >= 4 is 10.9 Å². The number of nitrogens with zero attached hydrogens (tertiary/aromatic N) is 2. The molecule has 0 N–H and O–H groups in total. The van der Waals surface area contributed by atoms with Gasteiger partial charge in [0.05, 0.1) is 5.52 Å². The molecule has 2 rings (SSSR count). The minimum absolute atomic E-state index is 0.942. The van der Waals surface area contributed by atoms with Crippen molar-refractivity contribution in [3.05, 3.63) is 36.8 Å². The van der Waals surface area contributed by atoms with Crippen LogP contribution in [0.2, 0.25) is 0 Å². The molecule has 0 aliphatic carbocycles. The molecule has 0 saturated carbocycles. The summed E-state index contributed by atoms with van der Waals surface area (Å²) in [7, 11) is 0. The maximum atomic E-state index is 4.04. The third-order valence-electron chi connectivity index (χ3n) is 1.35. The Bertz CT molecular complexity index is 278. The third-order valence-corrected chi connectivity index (χ3v) is 1.35. The van der Waals surface area contributed by atoms with E-state index in [9.17, 15) is 0 Å². The number of aromatic nitrogens is 2. The van der Waals surface area contributed by atoms with Crippen molar-refractivity contribution in [1.82, 2.24) is 9.97 Å². The first-order chi connectivity index (χ1) is 4.97. The van der Waals surface area contributed by atoms with E-state index in [1.54, 1.807) is 6.20 Å². The Morgan fingerprint density at radius 1 is 1.40 bits per heavy atom. The molecular weight excluding hydrogens is 124 g/mol. The van der Waals surface area contributed by atoms with Crippen molar-refractivity contribution in [2.24, 2.45) is 0 Å². The molecule has 0 bridgehead atoms. The van der Waals surface area contributed by atoms with Gasteiger partial charge in [-0.05, 0) is 12.1 Å². The molecule has 1 aromatic carbocycles. The lowest BCUT2D eigenvalue weighted by Crippen LogP contribution is -1.78. The largest absolute Gasteiger partial charge is 0.244 e. The lowest BCUT2D eigenvalue weighted by molar-refractivity contribution is 1.22. The Labute approximate surface area is 58.6 Å². The van der Waals surface area contributed by atoms with E-state index in [1.165, 1.54) is 6.33 Å². The molecule has 10 heavy (non-hydrogen) atoms. The standard InChI is InChI=1S/C8H5N2/c1-2-4-8-7(3-1)5-9-6-10-8/h1,3-6H. The molecule has 2 aromatic rings. The second-order valence-electron chi connectivity index (χ2n) is 2.01. The maximum absolute atomic E-state index is 4.04. The zero-order chi connectivity index (χ0) is 6.81. The molecule has 0 aliphatic rings. The van der Waals surface area contributed by atoms with Gasteiger partial charge in [-0.15, -0.1) is 0 Å². The molecule has 1 heterocycles. The molecule has 0 unspecified atom stereocenters. The highest BCUT2D eigenvalue weighted by Gasteiger charge is 1.87. The SMILES string of the molecule is [c]1ccc2cncnc2c1. The fourth-order valence-electron chi connectivity index (χ4n) is 0.864. The van der Waals surface area contributed by atoms with E-state index < -0.39 is 0 Å². The molecule has 47 valence electrons. The van der Waals surface area contributed by atoms with Crippen LogP contribution in [0.3, 0.4) is 0 Å². The van der Waals surface area contributed by atoms with Crippen LogP contribution >= 0.6 is 0 Å². The molecule has 2 nitrogen and oxygen atoms in total. The monoisotopic (exact) mass is 129 g/mol. The van der Waals surface area contributed by atoms with Crippen LogP contribution in [0.25, 0.3) is 10.9 Å². The first kappa shape index (κ1) is 5.35. The van der Waals surface area contributed by atoms with Crippen molar-refractivity contribution < 1.29 is 0 Å². The second kappa shape index (κ2) is 2.06. The van der Waals surface area contributed by atoms with Crippen molar-refractivity contribution in [1.29, 1.82) is 0 Å². The summed E-state index contributed by atoms with van der Waals surface area (Å²) in [5.41, 5.74) is 0.942. The van der Waals surface area contributed by atoms with E-state index in [0.717, 1.165) is 10.9 Å². The lowest BCUT2D eigenvalue weighted by atomic mass is 10.2. The highest BCUT2D eigenvalue weighted by atomic mass is 14.8. The van der Waals surface area contributed by atoms with Crippen molar-refractivity contribution in [2.75, 3.05) is 0 Å². The summed E-state index contributed by atoms with van der Waals surface area (Å²) in [5, 5.41) is 1.06. The van der Waals surface area contributed by atoms with E-state index in [4.69, 9.17) is 0 Å².